The Morgan fingerprint density at radius 1 is 0.810 bits per heavy atom. The molecule has 0 radical (unpaired) electrons. The van der Waals surface area contributed by atoms with Crippen molar-refractivity contribution in [2.24, 2.45) is 0 Å². The van der Waals surface area contributed by atoms with Gasteiger partial charge in [-0.2, -0.15) is 0 Å². The maximum Gasteiger partial charge on any atom is 0.0223 e. The second kappa shape index (κ2) is 17.6. The molecule has 0 amide bonds. The van der Waals surface area contributed by atoms with Crippen LogP contribution in [-0.4, -0.2) is 5.88 Å². The lowest BCUT2D eigenvalue weighted by Crippen LogP contribution is -1.78. The summed E-state index contributed by atoms with van der Waals surface area (Å²) >= 11 is 5.65. The van der Waals surface area contributed by atoms with Crippen LogP contribution < -0.4 is 0 Å². The van der Waals surface area contributed by atoms with Gasteiger partial charge in [-0.05, 0) is 51.9 Å². The quantitative estimate of drug-likeness (QED) is 0.176. The lowest BCUT2D eigenvalue weighted by atomic mass is 10.1. The molecule has 0 N–H and O–H groups in total. The van der Waals surface area contributed by atoms with E-state index < -0.39 is 0 Å². The smallest absolute Gasteiger partial charge is 0.0223 e. The van der Waals surface area contributed by atoms with E-state index in [0.29, 0.717) is 0 Å². The second-order valence-corrected chi connectivity index (χ2v) is 6.19. The van der Waals surface area contributed by atoms with Crippen molar-refractivity contribution in [3.8, 4) is 0 Å². The molecule has 0 spiro atoms. The van der Waals surface area contributed by atoms with Crippen molar-refractivity contribution in [3.05, 3.63) is 36.0 Å². The topological polar surface area (TPSA) is 0 Å². The second-order valence-electron chi connectivity index (χ2n) is 5.81. The lowest BCUT2D eigenvalue weighted by molar-refractivity contribution is 0.676. The molecule has 122 valence electrons. The summed E-state index contributed by atoms with van der Waals surface area (Å²) in [6.45, 7) is 4.52. The molecule has 0 rings (SSSR count). The summed E-state index contributed by atoms with van der Waals surface area (Å²) in [6.07, 6.45) is 25.3. The van der Waals surface area contributed by atoms with E-state index in [0.717, 1.165) is 18.7 Å². The molecule has 0 aromatic heterocycles. The third-order valence-electron chi connectivity index (χ3n) is 3.64. The van der Waals surface area contributed by atoms with Crippen LogP contribution in [0.4, 0.5) is 0 Å². The van der Waals surface area contributed by atoms with Crippen LogP contribution in [-0.2, 0) is 0 Å². The van der Waals surface area contributed by atoms with Crippen LogP contribution in [0, 0.1) is 0 Å². The first-order chi connectivity index (χ1) is 10.3. The molecule has 0 atom stereocenters. The highest BCUT2D eigenvalue weighted by Gasteiger charge is 1.89. The molecular formula is C20H35Cl. The summed E-state index contributed by atoms with van der Waals surface area (Å²) in [4.78, 5) is 0. The van der Waals surface area contributed by atoms with Gasteiger partial charge in [-0.1, -0.05) is 68.6 Å². The standard InChI is InChI=1S/C20H35Cl/c1-3-4-14-17-20(2)18-15-12-10-8-6-5-7-9-11-13-16-19-21/h5-6,10,12,18H,3-4,7-9,11,13-17,19H2,1-2H3. The fraction of sp³-hybridized carbons (Fsp3) is 0.700. The van der Waals surface area contributed by atoms with Crippen LogP contribution in [0.3, 0.4) is 0 Å². The number of allylic oxidation sites excluding steroid dienone is 6. The average Bonchev–Trinajstić information content (AvgIpc) is 2.48. The van der Waals surface area contributed by atoms with Gasteiger partial charge in [0.05, 0.1) is 0 Å². The molecule has 0 aromatic carbocycles. The Morgan fingerprint density at radius 2 is 1.52 bits per heavy atom. The van der Waals surface area contributed by atoms with Crippen molar-refractivity contribution < 1.29 is 0 Å². The molecule has 21 heavy (non-hydrogen) atoms. The van der Waals surface area contributed by atoms with Gasteiger partial charge in [0.2, 0.25) is 0 Å². The van der Waals surface area contributed by atoms with E-state index in [1.807, 2.05) is 0 Å². The maximum absolute atomic E-state index is 5.65. The van der Waals surface area contributed by atoms with Crippen molar-refractivity contribution in [1.29, 1.82) is 0 Å². The summed E-state index contributed by atoms with van der Waals surface area (Å²) in [7, 11) is 0. The van der Waals surface area contributed by atoms with Gasteiger partial charge in [0, 0.05) is 5.88 Å². The number of hydrogen-bond donors (Lipinski definition) is 0. The monoisotopic (exact) mass is 310 g/mol. The van der Waals surface area contributed by atoms with Gasteiger partial charge in [-0.3, -0.25) is 0 Å². The fourth-order valence-corrected chi connectivity index (χ4v) is 2.41. The summed E-state index contributed by atoms with van der Waals surface area (Å²) < 4.78 is 0. The summed E-state index contributed by atoms with van der Waals surface area (Å²) in [5, 5.41) is 0. The largest absolute Gasteiger partial charge is 0.127 e. The van der Waals surface area contributed by atoms with E-state index >= 15 is 0 Å². The zero-order valence-corrected chi connectivity index (χ0v) is 15.0. The van der Waals surface area contributed by atoms with Gasteiger partial charge in [-0.25, -0.2) is 0 Å². The number of hydrogen-bond acceptors (Lipinski definition) is 0. The van der Waals surface area contributed by atoms with Gasteiger partial charge in [0.1, 0.15) is 0 Å². The van der Waals surface area contributed by atoms with E-state index in [2.05, 4.69) is 44.2 Å². The molecule has 0 bridgehead atoms. The minimum Gasteiger partial charge on any atom is -0.127 e. The summed E-state index contributed by atoms with van der Waals surface area (Å²) in [5.74, 6) is 0.813. The highest BCUT2D eigenvalue weighted by molar-refractivity contribution is 6.17. The lowest BCUT2D eigenvalue weighted by Gasteiger charge is -1.98. The third-order valence-corrected chi connectivity index (χ3v) is 3.90. The van der Waals surface area contributed by atoms with E-state index in [4.69, 9.17) is 11.6 Å². The first-order valence-corrected chi connectivity index (χ1v) is 9.36. The summed E-state index contributed by atoms with van der Waals surface area (Å²) in [6, 6.07) is 0. The average molecular weight is 311 g/mol. The number of rotatable bonds is 14. The van der Waals surface area contributed by atoms with Crippen molar-refractivity contribution in [3.63, 3.8) is 0 Å². The Bertz CT molecular complexity index is 286. The van der Waals surface area contributed by atoms with Crippen LogP contribution in [0.2, 0.25) is 0 Å². The highest BCUT2D eigenvalue weighted by atomic mass is 35.5. The molecule has 0 heterocycles. The molecular weight excluding hydrogens is 276 g/mol. The Morgan fingerprint density at radius 3 is 2.29 bits per heavy atom. The highest BCUT2D eigenvalue weighted by Crippen LogP contribution is 2.09. The Kier molecular flexibility index (Phi) is 17.2. The van der Waals surface area contributed by atoms with E-state index in [9.17, 15) is 0 Å². The van der Waals surface area contributed by atoms with Crippen LogP contribution in [0.15, 0.2) is 36.0 Å². The molecule has 0 fully saturated rings. The Balaban J connectivity index is 3.44. The predicted molar refractivity (Wildman–Crippen MR) is 99.2 cm³/mol. The Hall–Kier alpha value is -0.490. The third kappa shape index (κ3) is 17.5. The van der Waals surface area contributed by atoms with Crippen LogP contribution in [0.5, 0.6) is 0 Å². The van der Waals surface area contributed by atoms with Crippen LogP contribution in [0.25, 0.3) is 0 Å². The first kappa shape index (κ1) is 20.5. The fourth-order valence-electron chi connectivity index (χ4n) is 2.22. The first-order valence-electron chi connectivity index (χ1n) is 8.82. The van der Waals surface area contributed by atoms with E-state index in [1.165, 1.54) is 57.8 Å². The number of halogens is 1. The number of alkyl halides is 1. The molecule has 1 heteroatoms. The molecule has 0 aromatic rings. The van der Waals surface area contributed by atoms with Gasteiger partial charge in [0.25, 0.3) is 0 Å². The molecule has 0 nitrogen and oxygen atoms in total. The van der Waals surface area contributed by atoms with Crippen LogP contribution >= 0.6 is 11.6 Å². The molecule has 0 aliphatic carbocycles. The van der Waals surface area contributed by atoms with Crippen molar-refractivity contribution in [2.45, 2.75) is 84.5 Å². The Labute approximate surface area is 138 Å². The molecule has 0 saturated heterocycles. The van der Waals surface area contributed by atoms with Gasteiger partial charge >= 0.3 is 0 Å². The molecule has 0 aliphatic rings. The zero-order valence-electron chi connectivity index (χ0n) is 14.2. The number of unbranched alkanes of at least 4 members (excludes halogenated alkanes) is 6. The van der Waals surface area contributed by atoms with Crippen molar-refractivity contribution in [1.82, 2.24) is 0 Å². The van der Waals surface area contributed by atoms with Crippen molar-refractivity contribution >= 4 is 11.6 Å². The van der Waals surface area contributed by atoms with Gasteiger partial charge in [0.15, 0.2) is 0 Å². The summed E-state index contributed by atoms with van der Waals surface area (Å²) in [5.41, 5.74) is 1.54. The van der Waals surface area contributed by atoms with E-state index in [-0.39, 0.29) is 0 Å². The van der Waals surface area contributed by atoms with Gasteiger partial charge < -0.3 is 0 Å². The SMILES string of the molecule is CCCCCC(C)=CCC=CCC=CCCCCCCCl. The predicted octanol–water partition coefficient (Wildman–Crippen LogP) is 7.59. The minimum atomic E-state index is 0.813. The van der Waals surface area contributed by atoms with Crippen LogP contribution in [0.1, 0.15) is 84.5 Å². The van der Waals surface area contributed by atoms with Gasteiger partial charge in [-0.15, -0.1) is 11.6 Å². The van der Waals surface area contributed by atoms with E-state index in [1.54, 1.807) is 5.57 Å². The maximum atomic E-state index is 5.65. The molecule has 0 saturated carbocycles. The zero-order chi connectivity index (χ0) is 15.6. The van der Waals surface area contributed by atoms with Crippen molar-refractivity contribution in [2.75, 3.05) is 5.88 Å². The normalized spacial score (nSPS) is 12.8. The minimum absolute atomic E-state index is 0.813. The molecule has 0 aliphatic heterocycles. The molecule has 0 unspecified atom stereocenters.